The van der Waals surface area contributed by atoms with Crippen molar-refractivity contribution in [3.8, 4) is 5.75 Å². The molecule has 5 heteroatoms. The minimum atomic E-state index is -0.795. The lowest BCUT2D eigenvalue weighted by Crippen LogP contribution is -2.17. The minimum Gasteiger partial charge on any atom is -0.493 e. The van der Waals surface area contributed by atoms with Crippen molar-refractivity contribution in [2.24, 2.45) is 0 Å². The molecule has 0 N–H and O–H groups in total. The van der Waals surface area contributed by atoms with Gasteiger partial charge in [-0.05, 0) is 35.4 Å². The predicted octanol–water partition coefficient (Wildman–Crippen LogP) is 4.27. The summed E-state index contributed by atoms with van der Waals surface area (Å²) in [5.41, 5.74) is 1.85. The third-order valence-electron chi connectivity index (χ3n) is 3.90. The number of esters is 1. The number of ketones is 2. The molecule has 0 saturated heterocycles. The highest BCUT2D eigenvalue weighted by Gasteiger charge is 2.11. The molecule has 29 heavy (non-hydrogen) atoms. The molecule has 0 saturated carbocycles. The summed E-state index contributed by atoms with van der Waals surface area (Å²) in [7, 11) is 0. The minimum absolute atomic E-state index is 0.0923. The number of hydrogen-bond donors (Lipinski definition) is 0. The first kappa shape index (κ1) is 21.8. The normalized spacial score (nSPS) is 10.9. The molecule has 0 bridgehead atoms. The quantitative estimate of drug-likeness (QED) is 0.247. The highest BCUT2D eigenvalue weighted by molar-refractivity contribution is 6.33. The zero-order valence-corrected chi connectivity index (χ0v) is 16.4. The van der Waals surface area contributed by atoms with Gasteiger partial charge in [0.25, 0.3) is 0 Å². The van der Waals surface area contributed by atoms with Crippen molar-refractivity contribution in [2.45, 2.75) is 19.8 Å². The number of benzene rings is 2. The van der Waals surface area contributed by atoms with E-state index >= 15 is 0 Å². The second-order valence-electron chi connectivity index (χ2n) is 6.16. The number of carbonyl (C=O) groups excluding carboxylic acids is 3. The average molecular weight is 392 g/mol. The van der Waals surface area contributed by atoms with Gasteiger partial charge in [-0.3, -0.25) is 9.59 Å². The Morgan fingerprint density at radius 1 is 0.828 bits per heavy atom. The first-order valence-corrected chi connectivity index (χ1v) is 9.46. The number of rotatable bonds is 11. The van der Waals surface area contributed by atoms with E-state index in [1.54, 1.807) is 31.2 Å². The SMILES string of the molecule is CCC(=O)C(=O)OCCCOc1ccc(C=CC(=O)C=Cc2ccccc2)cc1. The Labute approximate surface area is 170 Å². The van der Waals surface area contributed by atoms with Gasteiger partial charge in [-0.25, -0.2) is 4.79 Å². The van der Waals surface area contributed by atoms with Crippen LogP contribution in [-0.4, -0.2) is 30.7 Å². The molecule has 0 aliphatic rings. The summed E-state index contributed by atoms with van der Waals surface area (Å²) in [6.07, 6.45) is 7.20. The van der Waals surface area contributed by atoms with Crippen LogP contribution in [0.25, 0.3) is 12.2 Å². The van der Waals surface area contributed by atoms with Crippen molar-refractivity contribution in [1.29, 1.82) is 0 Å². The van der Waals surface area contributed by atoms with E-state index in [1.807, 2.05) is 42.5 Å². The van der Waals surface area contributed by atoms with Gasteiger partial charge >= 0.3 is 5.97 Å². The van der Waals surface area contributed by atoms with Crippen molar-refractivity contribution < 1.29 is 23.9 Å². The number of allylic oxidation sites excluding steroid dienone is 2. The number of Topliss-reactive ketones (excluding diaryl/α,β-unsaturated/α-hetero) is 1. The summed E-state index contributed by atoms with van der Waals surface area (Å²) < 4.78 is 10.4. The Balaban J connectivity index is 1.72. The average Bonchev–Trinajstić information content (AvgIpc) is 2.76. The van der Waals surface area contributed by atoms with E-state index in [0.717, 1.165) is 11.1 Å². The lowest BCUT2D eigenvalue weighted by Gasteiger charge is -2.07. The molecule has 0 aliphatic carbocycles. The second kappa shape index (κ2) is 12.1. The maximum absolute atomic E-state index is 11.9. The molecule has 0 fully saturated rings. The van der Waals surface area contributed by atoms with Crippen LogP contribution in [0.3, 0.4) is 0 Å². The Hall–Kier alpha value is -3.47. The zero-order chi connectivity index (χ0) is 20.9. The molecule has 0 aromatic heterocycles. The lowest BCUT2D eigenvalue weighted by atomic mass is 10.1. The molecule has 0 spiro atoms. The summed E-state index contributed by atoms with van der Waals surface area (Å²) in [5.74, 6) is -0.737. The summed E-state index contributed by atoms with van der Waals surface area (Å²) >= 11 is 0. The zero-order valence-electron chi connectivity index (χ0n) is 16.4. The van der Waals surface area contributed by atoms with Crippen LogP contribution < -0.4 is 4.74 Å². The van der Waals surface area contributed by atoms with Crippen LogP contribution in [0.2, 0.25) is 0 Å². The van der Waals surface area contributed by atoms with Gasteiger partial charge in [-0.2, -0.15) is 0 Å². The molecule has 2 aromatic rings. The Bertz CT molecular complexity index is 864. The van der Waals surface area contributed by atoms with Crippen LogP contribution >= 0.6 is 0 Å². The van der Waals surface area contributed by atoms with Gasteiger partial charge in [0.05, 0.1) is 13.2 Å². The van der Waals surface area contributed by atoms with Crippen LogP contribution in [0.5, 0.6) is 5.75 Å². The summed E-state index contributed by atoms with van der Waals surface area (Å²) in [5, 5.41) is 0. The lowest BCUT2D eigenvalue weighted by molar-refractivity contribution is -0.153. The topological polar surface area (TPSA) is 69.7 Å². The van der Waals surface area contributed by atoms with E-state index in [9.17, 15) is 14.4 Å². The molecular weight excluding hydrogens is 368 g/mol. The number of ether oxygens (including phenoxy) is 2. The van der Waals surface area contributed by atoms with E-state index in [-0.39, 0.29) is 18.8 Å². The van der Waals surface area contributed by atoms with Gasteiger partial charge in [0, 0.05) is 12.8 Å². The largest absolute Gasteiger partial charge is 0.493 e. The van der Waals surface area contributed by atoms with Gasteiger partial charge in [0.15, 0.2) is 5.78 Å². The smallest absolute Gasteiger partial charge is 0.374 e. The summed E-state index contributed by atoms with van der Waals surface area (Å²) in [4.78, 5) is 34.2. The number of hydrogen-bond acceptors (Lipinski definition) is 5. The molecule has 0 radical (unpaired) electrons. The monoisotopic (exact) mass is 392 g/mol. The van der Waals surface area contributed by atoms with E-state index < -0.39 is 11.8 Å². The molecule has 5 nitrogen and oxygen atoms in total. The molecule has 2 aromatic carbocycles. The molecular formula is C24H24O5. The molecule has 0 heterocycles. The first-order valence-electron chi connectivity index (χ1n) is 9.46. The highest BCUT2D eigenvalue weighted by atomic mass is 16.5. The standard InChI is InChI=1S/C24H24O5/c1-2-23(26)24(27)29-18-6-17-28-22-15-11-20(12-16-22)10-14-21(25)13-9-19-7-4-3-5-8-19/h3-5,7-16H,2,6,17-18H2,1H3. The summed E-state index contributed by atoms with van der Waals surface area (Å²) in [6, 6.07) is 16.9. The Kier molecular flexibility index (Phi) is 9.09. The van der Waals surface area contributed by atoms with E-state index in [4.69, 9.17) is 9.47 Å². The van der Waals surface area contributed by atoms with Crippen molar-refractivity contribution in [3.63, 3.8) is 0 Å². The molecule has 0 atom stereocenters. The molecule has 2 rings (SSSR count). The van der Waals surface area contributed by atoms with Crippen LogP contribution in [0.15, 0.2) is 66.7 Å². The fourth-order valence-electron chi connectivity index (χ4n) is 2.29. The Morgan fingerprint density at radius 2 is 1.45 bits per heavy atom. The van der Waals surface area contributed by atoms with E-state index in [1.165, 1.54) is 12.2 Å². The second-order valence-corrected chi connectivity index (χ2v) is 6.16. The third-order valence-corrected chi connectivity index (χ3v) is 3.90. The van der Waals surface area contributed by atoms with Crippen LogP contribution in [-0.2, 0) is 19.1 Å². The predicted molar refractivity (Wildman–Crippen MR) is 112 cm³/mol. The fraction of sp³-hybridized carbons (Fsp3) is 0.208. The summed E-state index contributed by atoms with van der Waals surface area (Å²) in [6.45, 7) is 2.12. The van der Waals surface area contributed by atoms with Gasteiger partial charge in [0.2, 0.25) is 5.78 Å². The van der Waals surface area contributed by atoms with Crippen molar-refractivity contribution in [1.82, 2.24) is 0 Å². The van der Waals surface area contributed by atoms with Gasteiger partial charge in [-0.1, -0.05) is 61.5 Å². The van der Waals surface area contributed by atoms with Crippen molar-refractivity contribution >= 4 is 29.7 Å². The highest BCUT2D eigenvalue weighted by Crippen LogP contribution is 2.13. The maximum atomic E-state index is 11.9. The van der Waals surface area contributed by atoms with E-state index in [0.29, 0.717) is 18.8 Å². The van der Waals surface area contributed by atoms with E-state index in [2.05, 4.69) is 0 Å². The van der Waals surface area contributed by atoms with Crippen LogP contribution in [0, 0.1) is 0 Å². The fourth-order valence-corrected chi connectivity index (χ4v) is 2.29. The van der Waals surface area contributed by atoms with Crippen molar-refractivity contribution in [2.75, 3.05) is 13.2 Å². The van der Waals surface area contributed by atoms with Gasteiger partial charge in [-0.15, -0.1) is 0 Å². The first-order chi connectivity index (χ1) is 14.1. The van der Waals surface area contributed by atoms with Crippen LogP contribution in [0.4, 0.5) is 0 Å². The molecule has 150 valence electrons. The number of carbonyl (C=O) groups is 3. The molecule has 0 amide bonds. The maximum Gasteiger partial charge on any atom is 0.374 e. The third kappa shape index (κ3) is 8.39. The van der Waals surface area contributed by atoms with Crippen molar-refractivity contribution in [3.05, 3.63) is 77.9 Å². The molecule has 0 aliphatic heterocycles. The van der Waals surface area contributed by atoms with Gasteiger partial charge in [0.1, 0.15) is 5.75 Å². The Morgan fingerprint density at radius 3 is 2.07 bits per heavy atom. The van der Waals surface area contributed by atoms with Crippen LogP contribution in [0.1, 0.15) is 30.9 Å². The molecule has 0 unspecified atom stereocenters. The van der Waals surface area contributed by atoms with Gasteiger partial charge < -0.3 is 9.47 Å².